The Balaban J connectivity index is 0.000000353. The second kappa shape index (κ2) is 8.06. The van der Waals surface area contributed by atoms with Crippen molar-refractivity contribution in [1.29, 1.82) is 0 Å². The van der Waals surface area contributed by atoms with Crippen LogP contribution in [-0.2, 0) is 9.59 Å². The molecule has 0 aliphatic heterocycles. The first-order chi connectivity index (χ1) is 13.9. The number of benzene rings is 1. The van der Waals surface area contributed by atoms with E-state index in [2.05, 4.69) is 30.3 Å². The van der Waals surface area contributed by atoms with Crippen LogP contribution in [0.1, 0.15) is 10.5 Å². The molecule has 0 spiro atoms. The molecule has 0 fully saturated rings. The number of carbonyl (C=O) groups is 3. The minimum atomic E-state index is -1.82. The van der Waals surface area contributed by atoms with E-state index < -0.39 is 17.8 Å². The molecule has 3 aromatic heterocycles. The van der Waals surface area contributed by atoms with Gasteiger partial charge in [-0.3, -0.25) is 25.2 Å². The molecule has 12 nitrogen and oxygen atoms in total. The first-order valence-corrected chi connectivity index (χ1v) is 7.93. The average Bonchev–Trinajstić information content (AvgIpc) is 3.22. The molecule has 1 aromatic carbocycles. The van der Waals surface area contributed by atoms with Gasteiger partial charge in [-0.1, -0.05) is 0 Å². The molecule has 1 amide bonds. The quantitative estimate of drug-likeness (QED) is 0.136. The number of carboxylic acids is 2. The lowest BCUT2D eigenvalue weighted by atomic mass is 10.2. The van der Waals surface area contributed by atoms with Crippen molar-refractivity contribution < 1.29 is 24.6 Å². The number of carbonyl (C=O) groups excluding carboxylic acids is 1. The first-order valence-electron chi connectivity index (χ1n) is 7.93. The molecule has 0 unspecified atom stereocenters. The van der Waals surface area contributed by atoms with Gasteiger partial charge in [0, 0.05) is 24.0 Å². The van der Waals surface area contributed by atoms with E-state index in [1.54, 1.807) is 12.4 Å². The molecule has 0 radical (unpaired) electrons. The van der Waals surface area contributed by atoms with Gasteiger partial charge in [0.15, 0.2) is 5.69 Å². The van der Waals surface area contributed by atoms with Gasteiger partial charge in [0.05, 0.1) is 28.4 Å². The van der Waals surface area contributed by atoms with Crippen LogP contribution >= 0.6 is 0 Å². The first kappa shape index (κ1) is 19.3. The Morgan fingerprint density at radius 1 is 0.897 bits per heavy atom. The predicted octanol–water partition coefficient (Wildman–Crippen LogP) is 0.327. The van der Waals surface area contributed by atoms with E-state index in [4.69, 9.17) is 25.6 Å². The Bertz CT molecular complexity index is 1230. The zero-order valence-corrected chi connectivity index (χ0v) is 14.5. The normalized spacial score (nSPS) is 10.2. The summed E-state index contributed by atoms with van der Waals surface area (Å²) in [5.41, 5.74) is 5.62. The van der Waals surface area contributed by atoms with E-state index in [9.17, 15) is 4.79 Å². The van der Waals surface area contributed by atoms with Crippen molar-refractivity contribution in [3.63, 3.8) is 0 Å². The molecular formula is C17H13N7O5. The van der Waals surface area contributed by atoms with E-state index in [1.165, 1.54) is 12.4 Å². The van der Waals surface area contributed by atoms with Crippen molar-refractivity contribution in [1.82, 2.24) is 30.3 Å². The summed E-state index contributed by atoms with van der Waals surface area (Å²) in [4.78, 5) is 50.3. The number of nitrogens with zero attached hydrogens (tertiary/aromatic N) is 4. The number of nitrogen functional groups attached to an aromatic ring is 1. The summed E-state index contributed by atoms with van der Waals surface area (Å²) in [6.45, 7) is 0. The highest BCUT2D eigenvalue weighted by Crippen LogP contribution is 2.25. The van der Waals surface area contributed by atoms with Crippen molar-refractivity contribution >= 4 is 39.8 Å². The summed E-state index contributed by atoms with van der Waals surface area (Å²) >= 11 is 0. The molecule has 0 bridgehead atoms. The number of rotatable bonds is 2. The third-order valence-electron chi connectivity index (χ3n) is 3.73. The molecular weight excluding hydrogens is 382 g/mol. The lowest BCUT2D eigenvalue weighted by Gasteiger charge is -2.08. The van der Waals surface area contributed by atoms with Gasteiger partial charge in [-0.05, 0) is 18.2 Å². The summed E-state index contributed by atoms with van der Waals surface area (Å²) in [6.07, 6.45) is 6.29. The van der Waals surface area contributed by atoms with Crippen molar-refractivity contribution in [2.45, 2.75) is 0 Å². The molecule has 0 atom stereocenters. The van der Waals surface area contributed by atoms with Crippen LogP contribution in [0.5, 0.6) is 0 Å². The highest BCUT2D eigenvalue weighted by Gasteiger charge is 2.16. The summed E-state index contributed by atoms with van der Waals surface area (Å²) in [5.74, 6) is 1.03. The van der Waals surface area contributed by atoms with Crippen molar-refractivity contribution in [3.8, 4) is 11.4 Å². The largest absolute Gasteiger partial charge is 0.473 e. The Labute approximate surface area is 161 Å². The highest BCUT2D eigenvalue weighted by atomic mass is 16.4. The summed E-state index contributed by atoms with van der Waals surface area (Å²) < 4.78 is 0. The Morgan fingerprint density at radius 3 is 2.28 bits per heavy atom. The van der Waals surface area contributed by atoms with Crippen LogP contribution in [0.25, 0.3) is 33.3 Å². The smallest absolute Gasteiger partial charge is 0.414 e. The van der Waals surface area contributed by atoms with E-state index in [0.717, 1.165) is 21.9 Å². The molecule has 12 heteroatoms. The molecule has 4 rings (SSSR count). The molecule has 6 N–H and O–H groups in total. The SMILES string of the molecule is NNC(=O)c1nccnc1-c1cnc2ccc3nccc3c2[nH]1.O=C(O)C(=O)O. The van der Waals surface area contributed by atoms with Crippen molar-refractivity contribution in [2.24, 2.45) is 5.84 Å². The van der Waals surface area contributed by atoms with Crippen LogP contribution < -0.4 is 11.3 Å². The fourth-order valence-corrected chi connectivity index (χ4v) is 2.50. The van der Waals surface area contributed by atoms with Crippen LogP contribution in [0.15, 0.2) is 43.0 Å². The summed E-state index contributed by atoms with van der Waals surface area (Å²) in [7, 11) is 0. The molecule has 0 saturated heterocycles. The van der Waals surface area contributed by atoms with Gasteiger partial charge in [-0.2, -0.15) is 0 Å². The monoisotopic (exact) mass is 395 g/mol. The number of nitrogens with one attached hydrogen (secondary N) is 2. The maximum absolute atomic E-state index is 11.9. The van der Waals surface area contributed by atoms with Crippen LogP contribution in [0.2, 0.25) is 0 Å². The van der Waals surface area contributed by atoms with Gasteiger partial charge < -0.3 is 15.2 Å². The number of amides is 1. The zero-order valence-electron chi connectivity index (χ0n) is 14.5. The van der Waals surface area contributed by atoms with E-state index in [-0.39, 0.29) is 5.69 Å². The topological polar surface area (TPSA) is 197 Å². The molecule has 29 heavy (non-hydrogen) atoms. The zero-order chi connectivity index (χ0) is 21.0. The molecule has 4 aromatic rings. The fraction of sp³-hybridized carbons (Fsp3) is 0. The van der Waals surface area contributed by atoms with Gasteiger partial charge >= 0.3 is 11.9 Å². The number of hydrazine groups is 1. The van der Waals surface area contributed by atoms with Gasteiger partial charge in [0.25, 0.3) is 5.91 Å². The highest BCUT2D eigenvalue weighted by molar-refractivity contribution is 6.27. The minimum Gasteiger partial charge on any atom is -0.473 e. The van der Waals surface area contributed by atoms with E-state index in [1.807, 2.05) is 18.2 Å². The van der Waals surface area contributed by atoms with Gasteiger partial charge in [-0.15, -0.1) is 0 Å². The molecule has 0 aliphatic carbocycles. The number of aromatic nitrogens is 5. The van der Waals surface area contributed by atoms with Crippen LogP contribution in [0.3, 0.4) is 0 Å². The summed E-state index contributed by atoms with van der Waals surface area (Å²) in [6, 6.07) is 5.70. The van der Waals surface area contributed by atoms with Gasteiger partial charge in [-0.25, -0.2) is 20.4 Å². The lowest BCUT2D eigenvalue weighted by Crippen LogP contribution is -2.31. The third-order valence-corrected chi connectivity index (χ3v) is 3.73. The number of H-pyrrole nitrogens is 1. The van der Waals surface area contributed by atoms with E-state index >= 15 is 0 Å². The number of aromatic amines is 1. The van der Waals surface area contributed by atoms with Crippen molar-refractivity contribution in [3.05, 3.63) is 48.7 Å². The maximum Gasteiger partial charge on any atom is 0.414 e. The third kappa shape index (κ3) is 3.96. The minimum absolute atomic E-state index is 0.125. The van der Waals surface area contributed by atoms with Crippen LogP contribution in [-0.4, -0.2) is 53.0 Å². The summed E-state index contributed by atoms with van der Waals surface area (Å²) in [5, 5.41) is 15.7. The molecule has 3 heterocycles. The molecule has 0 saturated carbocycles. The number of hydrogen-bond donors (Lipinski definition) is 5. The maximum atomic E-state index is 11.9. The number of hydrogen-bond acceptors (Lipinski definition) is 8. The van der Waals surface area contributed by atoms with Crippen LogP contribution in [0.4, 0.5) is 0 Å². The lowest BCUT2D eigenvalue weighted by molar-refractivity contribution is -0.159. The van der Waals surface area contributed by atoms with Gasteiger partial charge in [0.2, 0.25) is 0 Å². The van der Waals surface area contributed by atoms with Gasteiger partial charge in [0.1, 0.15) is 5.69 Å². The number of aliphatic carboxylic acids is 2. The number of fused-ring (bicyclic) bond motifs is 3. The molecule has 146 valence electrons. The second-order valence-electron chi connectivity index (χ2n) is 5.47. The fourth-order valence-electron chi connectivity index (χ4n) is 2.50. The standard InChI is InChI=1S/C15H11N7O.C2H2O4/c16-22-15(23)14-13(18-5-6-19-14)11-7-20-10-2-1-9-8(3-4-17-9)12(10)21-11;3-1(4)2(5)6/h1-7,21H,16H2,(H,22,23);(H,3,4)(H,5,6). The Kier molecular flexibility index (Phi) is 5.37. The Morgan fingerprint density at radius 2 is 1.59 bits per heavy atom. The van der Waals surface area contributed by atoms with Crippen LogP contribution in [0, 0.1) is 0 Å². The van der Waals surface area contributed by atoms with Crippen molar-refractivity contribution in [2.75, 3.05) is 0 Å². The van der Waals surface area contributed by atoms with E-state index in [0.29, 0.717) is 11.4 Å². The average molecular weight is 395 g/mol. The second-order valence-corrected chi connectivity index (χ2v) is 5.47. The Hall–Kier alpha value is -4.45. The number of carboxylic acid groups (broad SMARTS) is 2. The number of nitrogens with two attached hydrogens (primary N) is 1. The molecule has 0 aliphatic rings. The predicted molar refractivity (Wildman–Crippen MR) is 99.3 cm³/mol.